The minimum atomic E-state index is -0.733. The Morgan fingerprint density at radius 1 is 1.26 bits per heavy atom. The van der Waals surface area contributed by atoms with Crippen molar-refractivity contribution in [2.24, 2.45) is 21.5 Å². The molecule has 1 amide bonds. The van der Waals surface area contributed by atoms with Crippen LogP contribution < -0.4 is 27.4 Å². The molecule has 2 aliphatic rings. The molecule has 164 valence electrons. The van der Waals surface area contributed by atoms with E-state index in [1.165, 1.54) is 0 Å². The highest BCUT2D eigenvalue weighted by Gasteiger charge is 2.42. The fraction of sp³-hybridized carbons (Fsp3) is 0.450. The molecule has 4 rings (SSSR count). The maximum atomic E-state index is 13.2. The maximum absolute atomic E-state index is 13.2. The van der Waals surface area contributed by atoms with Crippen LogP contribution in [0.2, 0.25) is 0 Å². The fourth-order valence-electron chi connectivity index (χ4n) is 4.30. The number of amides is 1. The molecule has 2 aromatic rings. The minimum absolute atomic E-state index is 0.162. The molecule has 1 saturated carbocycles. The zero-order valence-electron chi connectivity index (χ0n) is 17.6. The molecule has 1 aliphatic heterocycles. The van der Waals surface area contributed by atoms with E-state index in [0.717, 1.165) is 36.8 Å². The van der Waals surface area contributed by atoms with Crippen molar-refractivity contribution >= 4 is 34.6 Å². The van der Waals surface area contributed by atoms with Crippen molar-refractivity contribution in [3.63, 3.8) is 0 Å². The van der Waals surface area contributed by atoms with Gasteiger partial charge in [0.1, 0.15) is 11.5 Å². The molecule has 1 aromatic carbocycles. The summed E-state index contributed by atoms with van der Waals surface area (Å²) in [5.74, 6) is 0.729. The smallest absolute Gasteiger partial charge is 0.426 e. The summed E-state index contributed by atoms with van der Waals surface area (Å²) in [6.07, 6.45) is 3.93. The molecule has 2 heterocycles. The summed E-state index contributed by atoms with van der Waals surface area (Å²) in [6, 6.07) is 5.29. The van der Waals surface area contributed by atoms with E-state index in [0.29, 0.717) is 22.4 Å². The molecule has 0 atom stereocenters. The maximum Gasteiger partial charge on any atom is 0.426 e. The lowest BCUT2D eigenvalue weighted by molar-refractivity contribution is 0.164. The van der Waals surface area contributed by atoms with E-state index in [4.69, 9.17) is 16.2 Å². The average Bonchev–Trinajstić information content (AvgIpc) is 2.71. The Hall–Kier alpha value is -3.63. The predicted molar refractivity (Wildman–Crippen MR) is 119 cm³/mol. The van der Waals surface area contributed by atoms with Crippen LogP contribution in [-0.4, -0.2) is 39.9 Å². The molecule has 1 fully saturated rings. The van der Waals surface area contributed by atoms with Crippen LogP contribution in [0, 0.1) is 6.92 Å². The molecular formula is C20H26N8O3. The fourth-order valence-corrected chi connectivity index (χ4v) is 4.30. The SMILES string of the molecule is CCOC(=O)Nn1c(C)nc2ccc(N3C(N)=NC(N)=NC34CCCCC4)cc2c1=O. The lowest BCUT2D eigenvalue weighted by atomic mass is 9.87. The normalized spacial score (nSPS) is 17.9. The number of aliphatic imine (C=N–C) groups is 2. The number of carbonyl (C=O) groups is 1. The van der Waals surface area contributed by atoms with Crippen molar-refractivity contribution in [3.8, 4) is 0 Å². The van der Waals surface area contributed by atoms with Gasteiger partial charge in [-0.05, 0) is 57.7 Å². The van der Waals surface area contributed by atoms with Crippen LogP contribution in [0.1, 0.15) is 44.9 Å². The minimum Gasteiger partial charge on any atom is -0.449 e. The van der Waals surface area contributed by atoms with Crippen LogP contribution in [0.25, 0.3) is 10.9 Å². The van der Waals surface area contributed by atoms with Crippen LogP contribution >= 0.6 is 0 Å². The number of fused-ring (bicyclic) bond motifs is 1. The number of ether oxygens (including phenoxy) is 1. The van der Waals surface area contributed by atoms with Gasteiger partial charge in [0.05, 0.1) is 17.5 Å². The third-order valence-electron chi connectivity index (χ3n) is 5.61. The molecule has 11 nitrogen and oxygen atoms in total. The standard InChI is InChI=1S/C20H26N8O3/c1-3-31-19(30)26-28-12(2)23-15-8-7-13(11-14(15)16(28)29)27-18(22)24-17(21)25-20(27)9-5-4-6-10-20/h7-8,11H,3-6,9-10H2,1-2H3,(H,26,30)(H4,21,22,24,25). The Labute approximate surface area is 178 Å². The summed E-state index contributed by atoms with van der Waals surface area (Å²) in [7, 11) is 0. The topological polar surface area (TPSA) is 153 Å². The second-order valence-corrected chi connectivity index (χ2v) is 7.65. The first-order valence-electron chi connectivity index (χ1n) is 10.3. The monoisotopic (exact) mass is 426 g/mol. The number of nitrogens with one attached hydrogen (secondary N) is 1. The van der Waals surface area contributed by atoms with Crippen LogP contribution in [-0.2, 0) is 4.74 Å². The molecule has 1 aromatic heterocycles. The Bertz CT molecular complexity index is 1150. The first-order chi connectivity index (χ1) is 14.8. The van der Waals surface area contributed by atoms with E-state index in [1.807, 2.05) is 11.0 Å². The first kappa shape index (κ1) is 20.6. The van der Waals surface area contributed by atoms with Crippen LogP contribution in [0.4, 0.5) is 10.5 Å². The number of rotatable bonds is 3. The van der Waals surface area contributed by atoms with Crippen LogP contribution in [0.5, 0.6) is 0 Å². The average molecular weight is 426 g/mol. The van der Waals surface area contributed by atoms with Gasteiger partial charge in [0.25, 0.3) is 5.56 Å². The molecule has 0 bridgehead atoms. The van der Waals surface area contributed by atoms with Crippen LogP contribution in [0.3, 0.4) is 0 Å². The van der Waals surface area contributed by atoms with Gasteiger partial charge in [-0.3, -0.25) is 9.69 Å². The van der Waals surface area contributed by atoms with Gasteiger partial charge in [0.2, 0.25) is 11.9 Å². The van der Waals surface area contributed by atoms with Gasteiger partial charge in [-0.2, -0.15) is 9.67 Å². The lowest BCUT2D eigenvalue weighted by Crippen LogP contribution is -2.58. The molecule has 0 unspecified atom stereocenters. The van der Waals surface area contributed by atoms with Crippen LogP contribution in [0.15, 0.2) is 33.0 Å². The van der Waals surface area contributed by atoms with Gasteiger partial charge in [0, 0.05) is 5.69 Å². The summed E-state index contributed by atoms with van der Waals surface area (Å²) in [5.41, 5.74) is 14.8. The van der Waals surface area contributed by atoms with Gasteiger partial charge in [-0.1, -0.05) is 6.42 Å². The highest BCUT2D eigenvalue weighted by molar-refractivity contribution is 6.06. The van der Waals surface area contributed by atoms with Crippen molar-refractivity contribution in [1.29, 1.82) is 0 Å². The molecule has 5 N–H and O–H groups in total. The second kappa shape index (κ2) is 7.89. The Morgan fingerprint density at radius 3 is 2.71 bits per heavy atom. The van der Waals surface area contributed by atoms with Gasteiger partial charge in [0.15, 0.2) is 0 Å². The summed E-state index contributed by atoms with van der Waals surface area (Å²) >= 11 is 0. The number of hydrogen-bond acceptors (Lipinski definition) is 9. The Balaban J connectivity index is 1.82. The molecule has 31 heavy (non-hydrogen) atoms. The van der Waals surface area contributed by atoms with Crippen molar-refractivity contribution in [1.82, 2.24) is 9.66 Å². The number of hydrogen-bond donors (Lipinski definition) is 3. The van der Waals surface area contributed by atoms with E-state index >= 15 is 0 Å². The van der Waals surface area contributed by atoms with Gasteiger partial charge in [-0.25, -0.2) is 20.2 Å². The number of guanidine groups is 2. The second-order valence-electron chi connectivity index (χ2n) is 7.65. The molecule has 11 heteroatoms. The summed E-state index contributed by atoms with van der Waals surface area (Å²) < 4.78 is 5.96. The van der Waals surface area contributed by atoms with Gasteiger partial charge < -0.3 is 16.2 Å². The quantitative estimate of drug-likeness (QED) is 0.672. The number of nitrogens with zero attached hydrogens (tertiary/aromatic N) is 5. The first-order valence-corrected chi connectivity index (χ1v) is 10.3. The molecule has 1 aliphatic carbocycles. The third-order valence-corrected chi connectivity index (χ3v) is 5.61. The van der Waals surface area contributed by atoms with Crippen molar-refractivity contribution in [3.05, 3.63) is 34.4 Å². The van der Waals surface area contributed by atoms with E-state index in [2.05, 4.69) is 20.4 Å². The highest BCUT2D eigenvalue weighted by Crippen LogP contribution is 2.39. The number of anilines is 1. The number of aryl methyl sites for hydroxylation is 1. The largest absolute Gasteiger partial charge is 0.449 e. The Morgan fingerprint density at radius 2 is 2.00 bits per heavy atom. The van der Waals surface area contributed by atoms with Gasteiger partial charge >= 0.3 is 6.09 Å². The molecule has 0 radical (unpaired) electrons. The van der Waals surface area contributed by atoms with E-state index in [-0.39, 0.29) is 18.5 Å². The summed E-state index contributed by atoms with van der Waals surface area (Å²) in [5, 5.41) is 0.321. The number of carbonyl (C=O) groups excluding carboxylic acids is 1. The molecular weight excluding hydrogens is 400 g/mol. The zero-order valence-corrected chi connectivity index (χ0v) is 17.6. The molecule has 0 saturated heterocycles. The van der Waals surface area contributed by atoms with E-state index in [1.54, 1.807) is 26.0 Å². The zero-order chi connectivity index (χ0) is 22.2. The third kappa shape index (κ3) is 3.66. The highest BCUT2D eigenvalue weighted by atomic mass is 16.6. The Kier molecular flexibility index (Phi) is 5.25. The van der Waals surface area contributed by atoms with E-state index < -0.39 is 17.3 Å². The molecule has 1 spiro atoms. The number of benzene rings is 1. The summed E-state index contributed by atoms with van der Waals surface area (Å²) in [6.45, 7) is 3.50. The number of aromatic nitrogens is 2. The van der Waals surface area contributed by atoms with Crippen molar-refractivity contribution < 1.29 is 9.53 Å². The summed E-state index contributed by atoms with van der Waals surface area (Å²) in [4.78, 5) is 40.1. The van der Waals surface area contributed by atoms with Crippen molar-refractivity contribution in [2.45, 2.75) is 51.6 Å². The van der Waals surface area contributed by atoms with Gasteiger partial charge in [-0.15, -0.1) is 0 Å². The number of nitrogens with two attached hydrogens (primary N) is 2. The van der Waals surface area contributed by atoms with E-state index in [9.17, 15) is 9.59 Å². The van der Waals surface area contributed by atoms with Crippen molar-refractivity contribution in [2.75, 3.05) is 16.9 Å². The predicted octanol–water partition coefficient (Wildman–Crippen LogP) is 1.51. The lowest BCUT2D eigenvalue weighted by Gasteiger charge is -2.45.